The predicted molar refractivity (Wildman–Crippen MR) is 97.6 cm³/mol. The number of imide groups is 1. The molecule has 3 heterocycles. The van der Waals surface area contributed by atoms with Crippen molar-refractivity contribution in [2.45, 2.75) is 56.9 Å². The zero-order chi connectivity index (χ0) is 18.5. The summed E-state index contributed by atoms with van der Waals surface area (Å²) in [5, 5.41) is 9.48. The van der Waals surface area contributed by atoms with Crippen LogP contribution in [0.5, 0.6) is 0 Å². The van der Waals surface area contributed by atoms with Crippen LogP contribution in [0.2, 0.25) is 0 Å². The van der Waals surface area contributed by atoms with Crippen LogP contribution in [0.4, 0.5) is 0 Å². The molecule has 1 saturated carbocycles. The molecule has 0 spiro atoms. The first kappa shape index (κ1) is 16.9. The number of carbonyl (C=O) groups excluding carboxylic acids is 3. The highest BCUT2D eigenvalue weighted by atomic mass is 16.2. The molecule has 4 aliphatic rings. The summed E-state index contributed by atoms with van der Waals surface area (Å²) in [6.07, 6.45) is 3.30. The van der Waals surface area contributed by atoms with Crippen molar-refractivity contribution < 1.29 is 14.4 Å². The maximum absolute atomic E-state index is 12.7. The lowest BCUT2D eigenvalue weighted by molar-refractivity contribution is -0.136. The fourth-order valence-electron chi connectivity index (χ4n) is 4.72. The minimum atomic E-state index is -0.552. The summed E-state index contributed by atoms with van der Waals surface area (Å²) in [5.41, 5.74) is 2.78. The molecule has 3 amide bonds. The van der Waals surface area contributed by atoms with Crippen LogP contribution in [0.1, 0.15) is 47.2 Å². The van der Waals surface area contributed by atoms with Crippen molar-refractivity contribution in [3.8, 4) is 0 Å². The lowest BCUT2D eigenvalue weighted by Gasteiger charge is -2.29. The van der Waals surface area contributed by atoms with Crippen molar-refractivity contribution >= 4 is 17.7 Å². The zero-order valence-corrected chi connectivity index (χ0v) is 15.2. The first-order valence-corrected chi connectivity index (χ1v) is 9.82. The van der Waals surface area contributed by atoms with Gasteiger partial charge in [-0.25, -0.2) is 0 Å². The minimum absolute atomic E-state index is 0.117. The van der Waals surface area contributed by atoms with Gasteiger partial charge in [0, 0.05) is 43.7 Å². The number of rotatable bonds is 5. The maximum atomic E-state index is 12.7. The van der Waals surface area contributed by atoms with E-state index in [-0.39, 0.29) is 24.1 Å². The van der Waals surface area contributed by atoms with Gasteiger partial charge >= 0.3 is 0 Å². The second-order valence-corrected chi connectivity index (χ2v) is 8.22. The van der Waals surface area contributed by atoms with Crippen LogP contribution in [-0.2, 0) is 22.7 Å². The molecule has 142 valence electrons. The normalized spacial score (nSPS) is 31.7. The van der Waals surface area contributed by atoms with Crippen molar-refractivity contribution in [3.05, 3.63) is 34.9 Å². The molecule has 4 atom stereocenters. The van der Waals surface area contributed by atoms with E-state index in [0.29, 0.717) is 24.6 Å². The van der Waals surface area contributed by atoms with Gasteiger partial charge in [0.15, 0.2) is 0 Å². The molecule has 1 aromatic carbocycles. The van der Waals surface area contributed by atoms with Gasteiger partial charge in [-0.15, -0.1) is 0 Å². The first-order chi connectivity index (χ1) is 13.1. The van der Waals surface area contributed by atoms with Crippen LogP contribution < -0.4 is 16.0 Å². The highest BCUT2D eigenvalue weighted by Gasteiger charge is 2.45. The molecule has 5 rings (SSSR count). The van der Waals surface area contributed by atoms with Gasteiger partial charge in [-0.3, -0.25) is 19.7 Å². The molecule has 0 bridgehead atoms. The monoisotopic (exact) mass is 368 g/mol. The van der Waals surface area contributed by atoms with Crippen LogP contribution in [-0.4, -0.2) is 47.3 Å². The number of hydrogen-bond donors (Lipinski definition) is 3. The molecule has 3 N–H and O–H groups in total. The van der Waals surface area contributed by atoms with E-state index in [0.717, 1.165) is 36.2 Å². The quantitative estimate of drug-likeness (QED) is 0.650. The fraction of sp³-hybridized carbons (Fsp3) is 0.550. The lowest BCUT2D eigenvalue weighted by atomic mass is 10.0. The Morgan fingerprint density at radius 2 is 2.07 bits per heavy atom. The smallest absolute Gasteiger partial charge is 0.255 e. The molecule has 1 aliphatic carbocycles. The Labute approximate surface area is 157 Å². The molecular formula is C20H24N4O3. The van der Waals surface area contributed by atoms with E-state index in [2.05, 4.69) is 22.0 Å². The van der Waals surface area contributed by atoms with Crippen LogP contribution in [0.3, 0.4) is 0 Å². The standard InChI is InChI=1S/C20H24N4O3/c25-18-4-3-17(19(26)23-18)24-10-13-5-11(1-2-15(13)20(24)27)8-21-9-14-6-12-7-16(12)22-14/h1-2,5,12,14,16-17,21-22H,3-4,6-10H2,(H,23,25,26)/t12-,14+,16+,17?/m1/s1. The number of nitrogens with one attached hydrogen (secondary N) is 3. The Bertz CT molecular complexity index is 813. The molecule has 7 heteroatoms. The van der Waals surface area contributed by atoms with Gasteiger partial charge in [0.2, 0.25) is 11.8 Å². The number of fused-ring (bicyclic) bond motifs is 2. The van der Waals surface area contributed by atoms with E-state index in [1.54, 1.807) is 4.90 Å². The average molecular weight is 368 g/mol. The SMILES string of the molecule is O=C1CCC(N2Cc3cc(CNC[C@@H]4C[C@@H]5C[C@@H]5N4)ccc3C2=O)C(=O)N1. The minimum Gasteiger partial charge on any atom is -0.322 e. The van der Waals surface area contributed by atoms with E-state index in [4.69, 9.17) is 0 Å². The second-order valence-electron chi connectivity index (χ2n) is 8.22. The third-order valence-corrected chi connectivity index (χ3v) is 6.27. The summed E-state index contributed by atoms with van der Waals surface area (Å²) in [6.45, 7) is 2.17. The summed E-state index contributed by atoms with van der Waals surface area (Å²) in [4.78, 5) is 37.7. The lowest BCUT2D eigenvalue weighted by Crippen LogP contribution is -2.52. The maximum Gasteiger partial charge on any atom is 0.255 e. The Balaban J connectivity index is 1.21. The Morgan fingerprint density at radius 3 is 2.85 bits per heavy atom. The molecule has 1 unspecified atom stereocenters. The zero-order valence-electron chi connectivity index (χ0n) is 15.2. The van der Waals surface area contributed by atoms with E-state index in [9.17, 15) is 14.4 Å². The van der Waals surface area contributed by atoms with Crippen molar-refractivity contribution in [1.29, 1.82) is 0 Å². The summed E-state index contributed by atoms with van der Waals surface area (Å²) in [5.74, 6) is 0.161. The summed E-state index contributed by atoms with van der Waals surface area (Å²) in [7, 11) is 0. The van der Waals surface area contributed by atoms with E-state index < -0.39 is 6.04 Å². The molecule has 7 nitrogen and oxygen atoms in total. The van der Waals surface area contributed by atoms with Crippen molar-refractivity contribution in [1.82, 2.24) is 20.9 Å². The number of amides is 3. The van der Waals surface area contributed by atoms with Crippen molar-refractivity contribution in [2.75, 3.05) is 6.54 Å². The molecule has 0 radical (unpaired) electrons. The summed E-state index contributed by atoms with van der Waals surface area (Å²) >= 11 is 0. The van der Waals surface area contributed by atoms with Gasteiger partial charge in [-0.1, -0.05) is 12.1 Å². The topological polar surface area (TPSA) is 90.5 Å². The van der Waals surface area contributed by atoms with E-state index in [1.807, 2.05) is 12.1 Å². The number of benzene rings is 1. The van der Waals surface area contributed by atoms with Gasteiger partial charge in [0.25, 0.3) is 5.91 Å². The van der Waals surface area contributed by atoms with Gasteiger partial charge in [0.1, 0.15) is 6.04 Å². The number of nitrogens with zero attached hydrogens (tertiary/aromatic N) is 1. The molecule has 1 aromatic rings. The number of piperidine rings is 2. The Hall–Kier alpha value is -2.25. The molecule has 3 aliphatic heterocycles. The van der Waals surface area contributed by atoms with Crippen LogP contribution in [0, 0.1) is 5.92 Å². The van der Waals surface area contributed by atoms with Crippen molar-refractivity contribution in [2.24, 2.45) is 5.92 Å². The van der Waals surface area contributed by atoms with Crippen LogP contribution in [0.25, 0.3) is 0 Å². The van der Waals surface area contributed by atoms with Gasteiger partial charge in [-0.05, 0) is 42.4 Å². The number of carbonyl (C=O) groups is 3. The van der Waals surface area contributed by atoms with Gasteiger partial charge in [-0.2, -0.15) is 0 Å². The Kier molecular flexibility index (Phi) is 4.02. The van der Waals surface area contributed by atoms with Crippen LogP contribution >= 0.6 is 0 Å². The second kappa shape index (κ2) is 6.42. The summed E-state index contributed by atoms with van der Waals surface area (Å²) in [6, 6.07) is 6.70. The third-order valence-electron chi connectivity index (χ3n) is 6.27. The van der Waals surface area contributed by atoms with E-state index in [1.165, 1.54) is 12.8 Å². The van der Waals surface area contributed by atoms with Crippen molar-refractivity contribution in [3.63, 3.8) is 0 Å². The average Bonchev–Trinajstić information content (AvgIpc) is 3.11. The molecular weight excluding hydrogens is 344 g/mol. The summed E-state index contributed by atoms with van der Waals surface area (Å²) < 4.78 is 0. The molecule has 3 fully saturated rings. The number of hydrogen-bond acceptors (Lipinski definition) is 5. The van der Waals surface area contributed by atoms with E-state index >= 15 is 0 Å². The first-order valence-electron chi connectivity index (χ1n) is 9.82. The third kappa shape index (κ3) is 3.15. The largest absolute Gasteiger partial charge is 0.322 e. The highest BCUT2D eigenvalue weighted by Crippen LogP contribution is 2.40. The predicted octanol–water partition coefficient (Wildman–Crippen LogP) is 0.288. The molecule has 27 heavy (non-hydrogen) atoms. The highest BCUT2D eigenvalue weighted by molar-refractivity contribution is 6.05. The van der Waals surface area contributed by atoms with Crippen LogP contribution in [0.15, 0.2) is 18.2 Å². The Morgan fingerprint density at radius 1 is 1.19 bits per heavy atom. The van der Waals surface area contributed by atoms with Gasteiger partial charge in [0.05, 0.1) is 0 Å². The molecule has 0 aromatic heterocycles. The fourth-order valence-corrected chi connectivity index (χ4v) is 4.72. The molecule has 2 saturated heterocycles. The van der Waals surface area contributed by atoms with Gasteiger partial charge < -0.3 is 15.5 Å².